The van der Waals surface area contributed by atoms with E-state index in [1.165, 1.54) is 23.1 Å². The lowest BCUT2D eigenvalue weighted by atomic mass is 9.79. The molecule has 7 nitrogen and oxygen atoms in total. The Morgan fingerprint density at radius 3 is 2.50 bits per heavy atom. The molecule has 8 heteroatoms. The lowest BCUT2D eigenvalue weighted by Crippen LogP contribution is -2.55. The molecule has 1 saturated heterocycles. The zero-order chi connectivity index (χ0) is 23.4. The van der Waals surface area contributed by atoms with Gasteiger partial charge in [0.05, 0.1) is 0 Å². The van der Waals surface area contributed by atoms with Gasteiger partial charge in [0.25, 0.3) is 0 Å². The molecule has 178 valence electrons. The Kier molecular flexibility index (Phi) is 6.71. The maximum Gasteiger partial charge on any atom is 0.123 e. The number of H-pyrrole nitrogens is 1. The van der Waals surface area contributed by atoms with Gasteiger partial charge in [0, 0.05) is 61.1 Å². The van der Waals surface area contributed by atoms with E-state index < -0.39 is 0 Å². The largest absolute Gasteiger partial charge is 0.396 e. The number of nitrogens with zero attached hydrogens (tertiary/aromatic N) is 4. The molecule has 0 radical (unpaired) electrons. The number of halogens is 1. The van der Waals surface area contributed by atoms with E-state index in [1.807, 2.05) is 16.7 Å². The first-order valence-corrected chi connectivity index (χ1v) is 12.0. The highest BCUT2D eigenvalue weighted by molar-refractivity contribution is 5.85. The van der Waals surface area contributed by atoms with Crippen molar-refractivity contribution in [3.05, 3.63) is 78.3 Å². The Hall–Kier alpha value is -3.07. The van der Waals surface area contributed by atoms with Gasteiger partial charge in [-0.15, -0.1) is 10.2 Å². The van der Waals surface area contributed by atoms with Crippen molar-refractivity contribution in [1.82, 2.24) is 30.0 Å². The number of aliphatic hydroxyl groups is 1. The highest BCUT2D eigenvalue weighted by atomic mass is 19.1. The Labute approximate surface area is 198 Å². The monoisotopic (exact) mass is 462 g/mol. The number of benzene rings is 2. The summed E-state index contributed by atoms with van der Waals surface area (Å²) in [5.74, 6) is -0.232. The number of piperazine rings is 1. The first kappa shape index (κ1) is 22.7. The highest BCUT2D eigenvalue weighted by Crippen LogP contribution is 2.38. The molecule has 5 rings (SSSR count). The fraction of sp³-hybridized carbons (Fsp3) is 0.385. The summed E-state index contributed by atoms with van der Waals surface area (Å²) in [5, 5.41) is 22.5. The molecule has 0 bridgehead atoms. The molecular formula is C26H31FN6O. The number of aliphatic hydroxyl groups excluding tert-OH is 1. The van der Waals surface area contributed by atoms with Gasteiger partial charge in [-0.3, -0.25) is 9.47 Å². The summed E-state index contributed by atoms with van der Waals surface area (Å²) in [4.78, 5) is 5.87. The van der Waals surface area contributed by atoms with Crippen molar-refractivity contribution in [2.75, 3.05) is 32.8 Å². The fourth-order valence-corrected chi connectivity index (χ4v) is 5.39. The highest BCUT2D eigenvalue weighted by Gasteiger charge is 2.38. The normalized spacial score (nSPS) is 16.6. The van der Waals surface area contributed by atoms with Crippen molar-refractivity contribution < 1.29 is 9.50 Å². The van der Waals surface area contributed by atoms with Crippen LogP contribution in [0.25, 0.3) is 16.6 Å². The summed E-state index contributed by atoms with van der Waals surface area (Å²) < 4.78 is 15.6. The summed E-state index contributed by atoms with van der Waals surface area (Å²) >= 11 is 0. The van der Waals surface area contributed by atoms with Crippen LogP contribution in [0.5, 0.6) is 0 Å². The van der Waals surface area contributed by atoms with Gasteiger partial charge >= 0.3 is 0 Å². The maximum absolute atomic E-state index is 13.7. The predicted octanol–water partition coefficient (Wildman–Crippen LogP) is 3.39. The van der Waals surface area contributed by atoms with Gasteiger partial charge < -0.3 is 15.4 Å². The van der Waals surface area contributed by atoms with E-state index in [0.717, 1.165) is 62.2 Å². The Morgan fingerprint density at radius 1 is 1.00 bits per heavy atom. The van der Waals surface area contributed by atoms with E-state index in [4.69, 9.17) is 0 Å². The quantitative estimate of drug-likeness (QED) is 0.355. The van der Waals surface area contributed by atoms with Crippen LogP contribution in [0.2, 0.25) is 0 Å². The number of aromatic nitrogens is 4. The topological polar surface area (TPSA) is 82.0 Å². The van der Waals surface area contributed by atoms with Gasteiger partial charge in [0.15, 0.2) is 0 Å². The SMILES string of the molecule is OCCC(CCCc1c[nH]c2ccc(-n3cnnc3)cc12)(c1ccc(F)cc1)N1CCNCC1. The predicted molar refractivity (Wildman–Crippen MR) is 130 cm³/mol. The summed E-state index contributed by atoms with van der Waals surface area (Å²) in [5.41, 5.74) is 4.17. The van der Waals surface area contributed by atoms with Crippen LogP contribution >= 0.6 is 0 Å². The molecule has 1 fully saturated rings. The van der Waals surface area contributed by atoms with E-state index in [-0.39, 0.29) is 18.0 Å². The average Bonchev–Trinajstić information content (AvgIpc) is 3.55. The number of nitrogens with one attached hydrogen (secondary N) is 2. The Bertz CT molecular complexity index is 1200. The van der Waals surface area contributed by atoms with Crippen molar-refractivity contribution in [2.45, 2.75) is 31.2 Å². The molecule has 3 N–H and O–H groups in total. The van der Waals surface area contributed by atoms with Crippen molar-refractivity contribution in [2.24, 2.45) is 0 Å². The lowest BCUT2D eigenvalue weighted by Gasteiger charge is -2.47. The molecule has 0 aliphatic carbocycles. The van der Waals surface area contributed by atoms with Gasteiger partial charge in [0.2, 0.25) is 0 Å². The van der Waals surface area contributed by atoms with Crippen LogP contribution < -0.4 is 5.32 Å². The number of rotatable bonds is 9. The van der Waals surface area contributed by atoms with Gasteiger partial charge in [-0.2, -0.15) is 0 Å². The first-order valence-electron chi connectivity index (χ1n) is 12.0. The zero-order valence-corrected chi connectivity index (χ0v) is 19.3. The molecule has 1 atom stereocenters. The summed E-state index contributed by atoms with van der Waals surface area (Å²) in [7, 11) is 0. The van der Waals surface area contributed by atoms with Gasteiger partial charge in [-0.1, -0.05) is 12.1 Å². The molecule has 2 aromatic heterocycles. The van der Waals surface area contributed by atoms with Crippen LogP contribution in [-0.2, 0) is 12.0 Å². The zero-order valence-electron chi connectivity index (χ0n) is 19.3. The van der Waals surface area contributed by atoms with Crippen LogP contribution in [0.15, 0.2) is 61.3 Å². The molecule has 0 amide bonds. The third kappa shape index (κ3) is 4.49. The second kappa shape index (κ2) is 10.0. The van der Waals surface area contributed by atoms with Gasteiger partial charge in [-0.05, 0) is 67.1 Å². The van der Waals surface area contributed by atoms with E-state index in [2.05, 4.69) is 49.8 Å². The van der Waals surface area contributed by atoms with Crippen molar-refractivity contribution in [3.8, 4) is 5.69 Å². The molecule has 0 saturated carbocycles. The van der Waals surface area contributed by atoms with E-state index in [1.54, 1.807) is 12.7 Å². The standard InChI is InChI=1S/C26H31FN6O/c27-22-5-3-21(4-6-22)26(10-15-34,33-13-11-28-12-14-33)9-1-2-20-17-29-25-8-7-23(16-24(20)25)32-18-30-31-19-32/h3-8,16-19,28-29,34H,1-2,9-15H2. The number of hydrogen-bond acceptors (Lipinski definition) is 5. The third-order valence-electron chi connectivity index (χ3n) is 7.13. The number of aromatic amines is 1. The molecule has 1 unspecified atom stereocenters. The molecule has 3 heterocycles. The van der Waals surface area contributed by atoms with Crippen molar-refractivity contribution >= 4 is 10.9 Å². The average molecular weight is 463 g/mol. The van der Waals surface area contributed by atoms with E-state index in [9.17, 15) is 9.50 Å². The molecule has 0 spiro atoms. The fourth-order valence-electron chi connectivity index (χ4n) is 5.39. The van der Waals surface area contributed by atoms with Crippen LogP contribution in [0.3, 0.4) is 0 Å². The number of fused-ring (bicyclic) bond motifs is 1. The summed E-state index contributed by atoms with van der Waals surface area (Å²) in [6.45, 7) is 3.75. The minimum Gasteiger partial charge on any atom is -0.396 e. The maximum atomic E-state index is 13.7. The van der Waals surface area contributed by atoms with Gasteiger partial charge in [-0.25, -0.2) is 4.39 Å². The van der Waals surface area contributed by atoms with Crippen LogP contribution in [0, 0.1) is 5.82 Å². The number of hydrogen-bond donors (Lipinski definition) is 3. The minimum absolute atomic E-state index is 0.0939. The Morgan fingerprint density at radius 2 is 1.76 bits per heavy atom. The summed E-state index contributed by atoms with van der Waals surface area (Å²) in [6.07, 6.45) is 8.87. The molecule has 1 aliphatic rings. The van der Waals surface area contributed by atoms with Crippen LogP contribution in [0.4, 0.5) is 4.39 Å². The third-order valence-corrected chi connectivity index (χ3v) is 7.13. The molecule has 2 aromatic carbocycles. The van der Waals surface area contributed by atoms with Crippen LogP contribution in [0.1, 0.15) is 30.4 Å². The second-order valence-corrected chi connectivity index (χ2v) is 9.02. The second-order valence-electron chi connectivity index (χ2n) is 9.02. The molecular weight excluding hydrogens is 431 g/mol. The minimum atomic E-state index is -0.315. The molecule has 34 heavy (non-hydrogen) atoms. The number of aryl methyl sites for hydroxylation is 1. The molecule has 1 aliphatic heterocycles. The van der Waals surface area contributed by atoms with Crippen molar-refractivity contribution in [3.63, 3.8) is 0 Å². The molecule has 4 aromatic rings. The van der Waals surface area contributed by atoms with E-state index >= 15 is 0 Å². The lowest BCUT2D eigenvalue weighted by molar-refractivity contribution is 0.0366. The van der Waals surface area contributed by atoms with Crippen molar-refractivity contribution in [1.29, 1.82) is 0 Å². The summed E-state index contributed by atoms with van der Waals surface area (Å²) in [6, 6.07) is 13.2. The first-order chi connectivity index (χ1) is 16.7. The van der Waals surface area contributed by atoms with E-state index in [0.29, 0.717) is 6.42 Å². The smallest absolute Gasteiger partial charge is 0.123 e. The Balaban J connectivity index is 1.40. The van der Waals surface area contributed by atoms with Crippen LogP contribution in [-0.4, -0.2) is 62.5 Å². The van der Waals surface area contributed by atoms with Gasteiger partial charge in [0.1, 0.15) is 18.5 Å².